The maximum absolute atomic E-state index is 13.0. The molecule has 0 radical (unpaired) electrons. The van der Waals surface area contributed by atoms with E-state index in [-0.39, 0.29) is 21.9 Å². The molecule has 1 aromatic heterocycles. The van der Waals surface area contributed by atoms with Crippen molar-refractivity contribution in [3.8, 4) is 6.07 Å². The molecule has 156 valence electrons. The van der Waals surface area contributed by atoms with Crippen LogP contribution in [0.2, 0.25) is 0 Å². The Morgan fingerprint density at radius 2 is 1.83 bits per heavy atom. The Kier molecular flexibility index (Phi) is 3.84. The highest BCUT2D eigenvalue weighted by atomic mass is 32.2. The van der Waals surface area contributed by atoms with Gasteiger partial charge in [-0.1, -0.05) is 30.3 Å². The van der Waals surface area contributed by atoms with Crippen LogP contribution in [0.4, 0.5) is 0 Å². The van der Waals surface area contributed by atoms with Gasteiger partial charge in [0.05, 0.1) is 17.0 Å². The largest absolute Gasteiger partial charge is 0.348 e. The molecule has 2 bridgehead atoms. The number of aromatic nitrogens is 1. The molecule has 1 saturated heterocycles. The molecule has 3 saturated carbocycles. The van der Waals surface area contributed by atoms with E-state index in [9.17, 15) is 13.2 Å². The number of H-pyrrole nitrogens is 1. The van der Waals surface area contributed by atoms with Crippen LogP contribution in [0.25, 0.3) is 0 Å². The number of carbonyl (C=O) groups excluding carboxylic acids is 1. The summed E-state index contributed by atoms with van der Waals surface area (Å²) in [5.41, 5.74) is 1.33. The van der Waals surface area contributed by atoms with Crippen LogP contribution in [0.1, 0.15) is 47.8 Å². The van der Waals surface area contributed by atoms with Crippen molar-refractivity contribution in [3.63, 3.8) is 0 Å². The third kappa shape index (κ3) is 2.72. The summed E-state index contributed by atoms with van der Waals surface area (Å²) in [5.74, 6) is -0.244. The number of amides is 1. The second-order valence-electron chi connectivity index (χ2n) is 9.57. The smallest absolute Gasteiger partial charge is 0.256 e. The molecule has 1 amide bonds. The molecule has 6 rings (SSSR count). The zero-order chi connectivity index (χ0) is 21.4. The van der Waals surface area contributed by atoms with Gasteiger partial charge in [-0.2, -0.15) is 5.26 Å². The summed E-state index contributed by atoms with van der Waals surface area (Å²) in [4.78, 5) is 17.2. The third-order valence-electron chi connectivity index (χ3n) is 6.91. The predicted octanol–water partition coefficient (Wildman–Crippen LogP) is 2.46. The molecule has 1 aromatic carbocycles. The molecule has 2 aromatic rings. The van der Waals surface area contributed by atoms with Crippen molar-refractivity contribution in [1.82, 2.24) is 14.6 Å². The van der Waals surface area contributed by atoms with Crippen LogP contribution in [-0.2, 0) is 15.4 Å². The number of sulfonamides is 1. The van der Waals surface area contributed by atoms with Crippen LogP contribution in [0.5, 0.6) is 0 Å². The van der Waals surface area contributed by atoms with E-state index in [0.717, 1.165) is 19.3 Å². The SMILES string of the molecule is Cc1[nH]c(S(=O)(=O)NC23CC(c4ccccc4)(C2)C3)cc1C(=O)N1CC(C)(C#N)C1. The number of nitriles is 1. The van der Waals surface area contributed by atoms with Gasteiger partial charge in [0.2, 0.25) is 0 Å². The van der Waals surface area contributed by atoms with Crippen molar-refractivity contribution in [3.05, 3.63) is 53.2 Å². The molecule has 0 unspecified atom stereocenters. The van der Waals surface area contributed by atoms with Crippen molar-refractivity contribution < 1.29 is 13.2 Å². The molecule has 0 atom stereocenters. The minimum atomic E-state index is -3.76. The van der Waals surface area contributed by atoms with Gasteiger partial charge < -0.3 is 9.88 Å². The summed E-state index contributed by atoms with van der Waals surface area (Å²) in [7, 11) is -3.76. The van der Waals surface area contributed by atoms with Gasteiger partial charge in [-0.05, 0) is 44.7 Å². The number of hydrogen-bond acceptors (Lipinski definition) is 4. The number of benzene rings is 1. The number of carbonyl (C=O) groups is 1. The highest BCUT2D eigenvalue weighted by molar-refractivity contribution is 7.89. The molecular weight excluding hydrogens is 400 g/mol. The van der Waals surface area contributed by atoms with Crippen molar-refractivity contribution in [2.45, 2.75) is 49.1 Å². The fourth-order valence-electron chi connectivity index (χ4n) is 5.41. The van der Waals surface area contributed by atoms with Gasteiger partial charge >= 0.3 is 0 Å². The second kappa shape index (κ2) is 5.96. The first-order valence-electron chi connectivity index (χ1n) is 10.1. The van der Waals surface area contributed by atoms with Gasteiger partial charge in [-0.3, -0.25) is 4.79 Å². The summed E-state index contributed by atoms with van der Waals surface area (Å²) in [6, 6.07) is 13.9. The monoisotopic (exact) mass is 424 g/mol. The van der Waals surface area contributed by atoms with Gasteiger partial charge in [-0.15, -0.1) is 0 Å². The molecule has 1 aliphatic heterocycles. The van der Waals surface area contributed by atoms with Gasteiger partial charge in [0.1, 0.15) is 5.03 Å². The van der Waals surface area contributed by atoms with Gasteiger partial charge in [-0.25, -0.2) is 13.1 Å². The Balaban J connectivity index is 1.29. The first-order chi connectivity index (χ1) is 14.1. The fourth-order valence-corrected chi connectivity index (χ4v) is 6.87. The number of aryl methyl sites for hydroxylation is 1. The Labute approximate surface area is 176 Å². The average Bonchev–Trinajstić information content (AvgIpc) is 3.04. The molecule has 2 N–H and O–H groups in total. The molecule has 8 heteroatoms. The maximum Gasteiger partial charge on any atom is 0.256 e. The molecule has 3 aliphatic carbocycles. The number of aromatic amines is 1. The molecule has 30 heavy (non-hydrogen) atoms. The minimum absolute atomic E-state index is 0.0189. The Hall–Kier alpha value is -2.63. The van der Waals surface area contributed by atoms with Crippen LogP contribution in [0.3, 0.4) is 0 Å². The van der Waals surface area contributed by atoms with E-state index in [2.05, 4.69) is 27.9 Å². The van der Waals surface area contributed by atoms with E-state index in [1.54, 1.807) is 11.8 Å². The number of nitrogens with zero attached hydrogens (tertiary/aromatic N) is 2. The number of nitrogens with one attached hydrogen (secondary N) is 2. The lowest BCUT2D eigenvalue weighted by molar-refractivity contribution is -0.0719. The average molecular weight is 425 g/mol. The Bertz CT molecular complexity index is 1170. The van der Waals surface area contributed by atoms with Gasteiger partial charge in [0.15, 0.2) is 0 Å². The third-order valence-corrected chi connectivity index (χ3v) is 8.41. The minimum Gasteiger partial charge on any atom is -0.348 e. The highest BCUT2D eigenvalue weighted by Gasteiger charge is 2.69. The molecule has 7 nitrogen and oxygen atoms in total. The van der Waals surface area contributed by atoms with E-state index < -0.39 is 15.4 Å². The fraction of sp³-hybridized carbons (Fsp3) is 0.455. The first-order valence-corrected chi connectivity index (χ1v) is 11.6. The normalized spacial score (nSPS) is 28.6. The van der Waals surface area contributed by atoms with Gasteiger partial charge in [0, 0.05) is 29.7 Å². The number of likely N-dealkylation sites (tertiary alicyclic amines) is 1. The summed E-state index contributed by atoms with van der Waals surface area (Å²) in [5, 5.41) is 9.15. The van der Waals surface area contributed by atoms with Crippen LogP contribution in [0, 0.1) is 23.7 Å². The maximum atomic E-state index is 13.0. The first kappa shape index (κ1) is 19.3. The summed E-state index contributed by atoms with van der Waals surface area (Å²) in [6.45, 7) is 4.23. The predicted molar refractivity (Wildman–Crippen MR) is 110 cm³/mol. The highest BCUT2D eigenvalue weighted by Crippen LogP contribution is 2.68. The topological polar surface area (TPSA) is 106 Å². The van der Waals surface area contributed by atoms with Crippen LogP contribution in [-0.4, -0.2) is 42.8 Å². The number of hydrogen-bond donors (Lipinski definition) is 2. The Morgan fingerprint density at radius 1 is 1.20 bits per heavy atom. The molecule has 2 heterocycles. The van der Waals surface area contributed by atoms with Crippen LogP contribution < -0.4 is 4.72 Å². The quantitative estimate of drug-likeness (QED) is 0.769. The molecule has 0 spiro atoms. The van der Waals surface area contributed by atoms with Crippen LogP contribution in [0.15, 0.2) is 41.4 Å². The van der Waals surface area contributed by atoms with E-state index in [4.69, 9.17) is 5.26 Å². The van der Waals surface area contributed by atoms with E-state index in [1.807, 2.05) is 25.1 Å². The van der Waals surface area contributed by atoms with E-state index in [1.165, 1.54) is 11.6 Å². The van der Waals surface area contributed by atoms with Crippen molar-refractivity contribution in [2.24, 2.45) is 5.41 Å². The van der Waals surface area contributed by atoms with Gasteiger partial charge in [0.25, 0.3) is 15.9 Å². The lowest BCUT2D eigenvalue weighted by Crippen LogP contribution is -2.76. The zero-order valence-electron chi connectivity index (χ0n) is 17.0. The lowest BCUT2D eigenvalue weighted by atomic mass is 9.38. The van der Waals surface area contributed by atoms with E-state index in [0.29, 0.717) is 24.3 Å². The zero-order valence-corrected chi connectivity index (χ0v) is 17.8. The summed E-state index contributed by atoms with van der Waals surface area (Å²) in [6.07, 6.45) is 2.40. The van der Waals surface area contributed by atoms with E-state index >= 15 is 0 Å². The standard InChI is InChI=1S/C22H24N4O3S/c1-15-17(19(27)26-13-20(2,12-23)14-26)8-18(24-15)30(28,29)25-22-9-21(10-22,11-22)16-6-4-3-5-7-16/h3-8,24-25H,9-11,13-14H2,1-2H3. The van der Waals surface area contributed by atoms with Crippen molar-refractivity contribution >= 4 is 15.9 Å². The molecular formula is C22H24N4O3S. The van der Waals surface area contributed by atoms with Crippen molar-refractivity contribution in [2.75, 3.05) is 13.1 Å². The van der Waals surface area contributed by atoms with Crippen molar-refractivity contribution in [1.29, 1.82) is 5.26 Å². The molecule has 4 fully saturated rings. The summed E-state index contributed by atoms with van der Waals surface area (Å²) >= 11 is 0. The lowest BCUT2D eigenvalue weighted by Gasteiger charge is -2.70. The number of rotatable bonds is 5. The van der Waals surface area contributed by atoms with Crippen LogP contribution >= 0.6 is 0 Å². The summed E-state index contributed by atoms with van der Waals surface area (Å²) < 4.78 is 28.9. The molecule has 4 aliphatic rings. The Morgan fingerprint density at radius 3 is 2.43 bits per heavy atom. The second-order valence-corrected chi connectivity index (χ2v) is 11.2.